The Kier molecular flexibility index (Phi) is 6.66. The fourth-order valence-corrected chi connectivity index (χ4v) is 4.79. The van der Waals surface area contributed by atoms with Gasteiger partial charge in [0.05, 0.1) is 0 Å². The Morgan fingerprint density at radius 2 is 1.86 bits per heavy atom. The van der Waals surface area contributed by atoms with Gasteiger partial charge < -0.3 is 15.1 Å². The van der Waals surface area contributed by atoms with Gasteiger partial charge in [0.2, 0.25) is 11.8 Å². The Hall–Kier alpha value is -1.59. The number of fused-ring (bicyclic) bond motifs is 3. The topological polar surface area (TPSA) is 52.7 Å². The van der Waals surface area contributed by atoms with Crippen LogP contribution in [0.4, 0.5) is 0 Å². The zero-order valence-corrected chi connectivity index (χ0v) is 17.7. The van der Waals surface area contributed by atoms with Gasteiger partial charge in [-0.1, -0.05) is 38.1 Å². The molecule has 4 rings (SSSR count). The average Bonchev–Trinajstić information content (AvgIpc) is 3.03. The van der Waals surface area contributed by atoms with Crippen molar-refractivity contribution < 1.29 is 9.59 Å². The first-order valence-electron chi connectivity index (χ1n) is 10.5. The van der Waals surface area contributed by atoms with Crippen LogP contribution in [0.25, 0.3) is 0 Å². The van der Waals surface area contributed by atoms with Gasteiger partial charge in [-0.05, 0) is 36.8 Å². The summed E-state index contributed by atoms with van der Waals surface area (Å²) in [6.45, 7) is 6.14. The highest BCUT2D eigenvalue weighted by atomic mass is 35.5. The summed E-state index contributed by atoms with van der Waals surface area (Å²) in [7, 11) is 0. The highest BCUT2D eigenvalue weighted by Crippen LogP contribution is 2.28. The monoisotopic (exact) mass is 405 g/mol. The number of benzene rings is 1. The number of halogens is 1. The van der Waals surface area contributed by atoms with Gasteiger partial charge in [-0.25, -0.2) is 0 Å². The molecular weight excluding hydrogens is 374 g/mol. The van der Waals surface area contributed by atoms with Crippen molar-refractivity contribution in [1.82, 2.24) is 15.1 Å². The van der Waals surface area contributed by atoms with Crippen LogP contribution in [0.15, 0.2) is 24.3 Å². The van der Waals surface area contributed by atoms with Crippen molar-refractivity contribution in [3.63, 3.8) is 0 Å². The summed E-state index contributed by atoms with van der Waals surface area (Å²) in [5, 5.41) is 3.64. The first-order chi connectivity index (χ1) is 13.1. The molecule has 0 aliphatic carbocycles. The molecule has 3 aliphatic rings. The third kappa shape index (κ3) is 4.06. The summed E-state index contributed by atoms with van der Waals surface area (Å²) < 4.78 is 0. The van der Waals surface area contributed by atoms with Crippen molar-refractivity contribution in [2.24, 2.45) is 5.92 Å². The van der Waals surface area contributed by atoms with Crippen LogP contribution < -0.4 is 5.32 Å². The van der Waals surface area contributed by atoms with E-state index in [0.717, 1.165) is 32.4 Å². The van der Waals surface area contributed by atoms with E-state index in [2.05, 4.69) is 17.4 Å². The first kappa shape index (κ1) is 21.1. The van der Waals surface area contributed by atoms with E-state index >= 15 is 0 Å². The lowest BCUT2D eigenvalue weighted by molar-refractivity contribution is -0.149. The molecule has 4 unspecified atom stereocenters. The molecular formula is C22H32ClN3O2. The number of carbonyl (C=O) groups excluding carboxylic acids is 2. The molecule has 2 saturated heterocycles. The van der Waals surface area contributed by atoms with E-state index in [-0.39, 0.29) is 36.2 Å². The SMILES string of the molecule is CCC(C)C(=O)N1Cc2ccccc2CC1C(=O)N1CCC2CCC(C1)N2.Cl. The molecule has 1 aromatic rings. The van der Waals surface area contributed by atoms with Crippen molar-refractivity contribution in [3.8, 4) is 0 Å². The van der Waals surface area contributed by atoms with Crippen molar-refractivity contribution in [1.29, 1.82) is 0 Å². The van der Waals surface area contributed by atoms with E-state index < -0.39 is 0 Å². The summed E-state index contributed by atoms with van der Waals surface area (Å²) >= 11 is 0. The number of nitrogens with one attached hydrogen (secondary N) is 1. The third-order valence-corrected chi connectivity index (χ3v) is 6.69. The van der Waals surface area contributed by atoms with Gasteiger partial charge in [0, 0.05) is 44.1 Å². The summed E-state index contributed by atoms with van der Waals surface area (Å²) in [5.74, 6) is 0.197. The fourth-order valence-electron chi connectivity index (χ4n) is 4.79. The average molecular weight is 406 g/mol. The highest BCUT2D eigenvalue weighted by Gasteiger charge is 2.40. The van der Waals surface area contributed by atoms with Gasteiger partial charge in [0.25, 0.3) is 0 Å². The lowest BCUT2D eigenvalue weighted by Crippen LogP contribution is -2.55. The Balaban J connectivity index is 0.00000225. The molecule has 2 fully saturated rings. The maximum Gasteiger partial charge on any atom is 0.245 e. The van der Waals surface area contributed by atoms with Crippen LogP contribution in [-0.2, 0) is 22.6 Å². The van der Waals surface area contributed by atoms with Crippen molar-refractivity contribution in [2.75, 3.05) is 13.1 Å². The second kappa shape index (κ2) is 8.83. The molecule has 154 valence electrons. The van der Waals surface area contributed by atoms with E-state index in [9.17, 15) is 9.59 Å². The quantitative estimate of drug-likeness (QED) is 0.841. The number of hydrogen-bond acceptors (Lipinski definition) is 3. The van der Waals surface area contributed by atoms with Gasteiger partial charge in [0.15, 0.2) is 0 Å². The molecule has 6 heteroatoms. The molecule has 3 heterocycles. The van der Waals surface area contributed by atoms with E-state index in [0.29, 0.717) is 25.0 Å². The first-order valence-corrected chi connectivity index (χ1v) is 10.5. The summed E-state index contributed by atoms with van der Waals surface area (Å²) in [5.41, 5.74) is 2.38. The lowest BCUT2D eigenvalue weighted by Gasteiger charge is -2.40. The molecule has 0 radical (unpaired) electrons. The number of hydrogen-bond donors (Lipinski definition) is 1. The van der Waals surface area contributed by atoms with E-state index in [1.807, 2.05) is 35.8 Å². The molecule has 0 aromatic heterocycles. The Labute approximate surface area is 174 Å². The van der Waals surface area contributed by atoms with Crippen molar-refractivity contribution >= 4 is 24.2 Å². The highest BCUT2D eigenvalue weighted by molar-refractivity contribution is 5.89. The summed E-state index contributed by atoms with van der Waals surface area (Å²) in [6, 6.07) is 8.84. The predicted octanol–water partition coefficient (Wildman–Crippen LogP) is 2.76. The van der Waals surface area contributed by atoms with Crippen LogP contribution in [0.1, 0.15) is 50.7 Å². The predicted molar refractivity (Wildman–Crippen MR) is 112 cm³/mol. The van der Waals surface area contributed by atoms with Crippen LogP contribution in [0.3, 0.4) is 0 Å². The zero-order chi connectivity index (χ0) is 19.0. The maximum atomic E-state index is 13.5. The normalized spacial score (nSPS) is 27.4. The standard InChI is InChI=1S/C22H31N3O2.ClH/c1-3-15(2)21(26)25-13-17-7-5-4-6-16(17)12-20(25)22(27)24-11-10-18-8-9-19(14-24)23-18;/h4-7,15,18-20,23H,3,8-14H2,1-2H3;1H. The minimum atomic E-state index is -0.363. The van der Waals surface area contributed by atoms with E-state index in [4.69, 9.17) is 0 Å². The number of likely N-dealkylation sites (tertiary alicyclic amines) is 1. The lowest BCUT2D eigenvalue weighted by atomic mass is 9.91. The minimum absolute atomic E-state index is 0. The Bertz CT molecular complexity index is 725. The number of carbonyl (C=O) groups is 2. The third-order valence-electron chi connectivity index (χ3n) is 6.69. The van der Waals surface area contributed by atoms with Gasteiger partial charge in [-0.15, -0.1) is 12.4 Å². The Morgan fingerprint density at radius 3 is 2.61 bits per heavy atom. The molecule has 0 spiro atoms. The molecule has 2 bridgehead atoms. The van der Waals surface area contributed by atoms with Crippen LogP contribution in [0.2, 0.25) is 0 Å². The number of rotatable bonds is 3. The molecule has 2 amide bonds. The van der Waals surface area contributed by atoms with Crippen LogP contribution >= 0.6 is 12.4 Å². The van der Waals surface area contributed by atoms with E-state index in [1.54, 1.807) is 0 Å². The second-order valence-corrected chi connectivity index (χ2v) is 8.47. The second-order valence-electron chi connectivity index (χ2n) is 8.47. The Morgan fingerprint density at radius 1 is 1.14 bits per heavy atom. The molecule has 3 aliphatic heterocycles. The van der Waals surface area contributed by atoms with Crippen LogP contribution in [-0.4, -0.2) is 52.8 Å². The summed E-state index contributed by atoms with van der Waals surface area (Å²) in [4.78, 5) is 30.5. The molecule has 0 saturated carbocycles. The maximum absolute atomic E-state index is 13.5. The molecule has 1 aromatic carbocycles. The van der Waals surface area contributed by atoms with E-state index in [1.165, 1.54) is 17.5 Å². The fraction of sp³-hybridized carbons (Fsp3) is 0.636. The molecule has 1 N–H and O–H groups in total. The van der Waals surface area contributed by atoms with Gasteiger partial charge in [0.1, 0.15) is 6.04 Å². The van der Waals surface area contributed by atoms with Crippen molar-refractivity contribution in [3.05, 3.63) is 35.4 Å². The van der Waals surface area contributed by atoms with Crippen molar-refractivity contribution in [2.45, 2.75) is 70.6 Å². The van der Waals surface area contributed by atoms with Crippen LogP contribution in [0.5, 0.6) is 0 Å². The van der Waals surface area contributed by atoms with Gasteiger partial charge in [-0.3, -0.25) is 9.59 Å². The minimum Gasteiger partial charge on any atom is -0.339 e. The smallest absolute Gasteiger partial charge is 0.245 e. The van der Waals surface area contributed by atoms with Crippen LogP contribution in [0, 0.1) is 5.92 Å². The number of amides is 2. The molecule has 5 nitrogen and oxygen atoms in total. The summed E-state index contributed by atoms with van der Waals surface area (Å²) in [6.07, 6.45) is 4.83. The zero-order valence-electron chi connectivity index (χ0n) is 16.9. The van der Waals surface area contributed by atoms with Gasteiger partial charge >= 0.3 is 0 Å². The molecule has 4 atom stereocenters. The van der Waals surface area contributed by atoms with Gasteiger partial charge in [-0.2, -0.15) is 0 Å². The largest absolute Gasteiger partial charge is 0.339 e. The molecule has 28 heavy (non-hydrogen) atoms. The number of nitrogens with zero attached hydrogens (tertiary/aromatic N) is 2.